The van der Waals surface area contributed by atoms with Gasteiger partial charge in [-0.05, 0) is 114 Å². The first kappa shape index (κ1) is 49.2. The van der Waals surface area contributed by atoms with E-state index in [1.54, 1.807) is 0 Å². The van der Waals surface area contributed by atoms with Crippen molar-refractivity contribution in [3.63, 3.8) is 0 Å². The van der Waals surface area contributed by atoms with Crippen LogP contribution >= 0.6 is 0 Å². The van der Waals surface area contributed by atoms with Gasteiger partial charge in [-0.25, -0.2) is 19.6 Å². The Balaban J connectivity index is 0.944. The monoisotopic (exact) mass is 947 g/mol. The lowest BCUT2D eigenvalue weighted by Crippen LogP contribution is -2.47. The minimum absolute atomic E-state index is 0.163. The quantitative estimate of drug-likeness (QED) is 0.116. The number of benzene rings is 4. The fourth-order valence-corrected chi connectivity index (χ4v) is 9.59. The molecule has 70 heavy (non-hydrogen) atoms. The van der Waals surface area contributed by atoms with E-state index in [0.29, 0.717) is 37.8 Å². The average molecular weight is 947 g/mol. The van der Waals surface area contributed by atoms with E-state index in [-0.39, 0.29) is 23.9 Å². The summed E-state index contributed by atoms with van der Waals surface area (Å²) in [5.41, 5.74) is 5.75. The summed E-state index contributed by atoms with van der Waals surface area (Å²) in [6.45, 7) is 16.4. The molecule has 0 radical (unpaired) electrons. The molecule has 366 valence electrons. The Morgan fingerprint density at radius 2 is 0.900 bits per heavy atom. The number of carbonyl (C=O) groups is 4. The van der Waals surface area contributed by atoms with E-state index in [1.807, 2.05) is 138 Å². The summed E-state index contributed by atoms with van der Waals surface area (Å²) in [5.74, 6) is 1.09. The zero-order chi connectivity index (χ0) is 49.7. The van der Waals surface area contributed by atoms with Crippen LogP contribution in [0.4, 0.5) is 9.59 Å². The van der Waals surface area contributed by atoms with E-state index in [0.717, 1.165) is 70.5 Å². The van der Waals surface area contributed by atoms with Crippen LogP contribution in [0.1, 0.15) is 128 Å². The van der Waals surface area contributed by atoms with Crippen LogP contribution < -0.4 is 0 Å². The standard InChI is InChI=1S/C56H66N8O6/c1-9-61(53(67)69-55(3,4)5)47(41-19-13-11-14-20-41)51(65)63-33-17-23-45(63)49-57-35-43(59-49)39-29-25-37(26-30-39)38-27-31-40(32-28-38)44-36-58-50(60-44)46-24-18-34-64(46)52(66)48(42-21-15-12-16-22-42)62(10-2)54(68)70-56(6,7)8/h11-16,19-22,25-32,35-36,45-48H,9-10,17-18,23-24,33-34H2,1-8H3,(H,57,59)(H,58,60)/t45-,46-,47+,48+/m0/s1. The average Bonchev–Trinajstić information content (AvgIpc) is 4.19. The first-order chi connectivity index (χ1) is 33.5. The predicted octanol–water partition coefficient (Wildman–Crippen LogP) is 11.5. The van der Waals surface area contributed by atoms with Crippen LogP contribution in [0.5, 0.6) is 0 Å². The Hall–Kier alpha value is -7.22. The van der Waals surface area contributed by atoms with E-state index in [1.165, 1.54) is 9.80 Å². The number of carbonyl (C=O) groups excluding carboxylic acids is 4. The van der Waals surface area contributed by atoms with Gasteiger partial charge in [0.1, 0.15) is 34.9 Å². The topological polar surface area (TPSA) is 157 Å². The minimum Gasteiger partial charge on any atom is -0.444 e. The molecular formula is C56H66N8O6. The number of imidazole rings is 2. The summed E-state index contributed by atoms with van der Waals surface area (Å²) in [6, 6.07) is 33.2. The van der Waals surface area contributed by atoms with Gasteiger partial charge >= 0.3 is 12.2 Å². The van der Waals surface area contributed by atoms with Crippen molar-refractivity contribution in [2.45, 2.75) is 116 Å². The molecular weight excluding hydrogens is 881 g/mol. The van der Waals surface area contributed by atoms with Gasteiger partial charge in [0, 0.05) is 26.2 Å². The first-order valence-electron chi connectivity index (χ1n) is 24.5. The van der Waals surface area contributed by atoms with Gasteiger partial charge in [0.25, 0.3) is 11.8 Å². The summed E-state index contributed by atoms with van der Waals surface area (Å²) in [7, 11) is 0. The fraction of sp³-hybridized carbons (Fsp3) is 0.393. The number of hydrogen-bond donors (Lipinski definition) is 2. The van der Waals surface area contributed by atoms with Gasteiger partial charge < -0.3 is 29.2 Å². The second-order valence-corrected chi connectivity index (χ2v) is 20.1. The number of H-pyrrole nitrogens is 2. The van der Waals surface area contributed by atoms with Crippen molar-refractivity contribution in [3.05, 3.63) is 144 Å². The third-order valence-electron chi connectivity index (χ3n) is 12.9. The smallest absolute Gasteiger partial charge is 0.411 e. The third-order valence-corrected chi connectivity index (χ3v) is 12.9. The van der Waals surface area contributed by atoms with E-state index >= 15 is 0 Å². The van der Waals surface area contributed by atoms with E-state index in [2.05, 4.69) is 58.5 Å². The summed E-state index contributed by atoms with van der Waals surface area (Å²) >= 11 is 0. The molecule has 8 rings (SSSR count). The number of hydrogen-bond acceptors (Lipinski definition) is 8. The van der Waals surface area contributed by atoms with E-state index in [9.17, 15) is 19.2 Å². The molecule has 4 amide bonds. The normalized spacial score (nSPS) is 17.0. The zero-order valence-corrected chi connectivity index (χ0v) is 41.6. The number of aromatic amines is 2. The van der Waals surface area contributed by atoms with Gasteiger partial charge in [0.2, 0.25) is 0 Å². The SMILES string of the molecule is CCN(C(=O)OC(C)(C)C)[C@@H](C(=O)N1CCC[C@H]1c1ncc(-c2ccc(-c3ccc(-c4cnc([C@@H]5CCCN5C(=O)[C@@H](c5ccccc5)N(CC)C(=O)OC(C)(C)C)[nH]4)cc3)cc2)[nH]1)c1ccccc1. The highest BCUT2D eigenvalue weighted by Gasteiger charge is 2.42. The molecule has 2 aromatic heterocycles. The molecule has 4 atom stereocenters. The van der Waals surface area contributed by atoms with Crippen molar-refractivity contribution < 1.29 is 28.7 Å². The third kappa shape index (κ3) is 11.0. The number of amides is 4. The summed E-state index contributed by atoms with van der Waals surface area (Å²) in [6.07, 6.45) is 5.70. The van der Waals surface area contributed by atoms with Crippen LogP contribution in [0, 0.1) is 0 Å². The molecule has 4 heterocycles. The van der Waals surface area contributed by atoms with Gasteiger partial charge in [-0.1, -0.05) is 109 Å². The lowest BCUT2D eigenvalue weighted by Gasteiger charge is -2.35. The fourth-order valence-electron chi connectivity index (χ4n) is 9.59. The highest BCUT2D eigenvalue weighted by atomic mass is 16.6. The first-order valence-corrected chi connectivity index (χ1v) is 24.5. The molecule has 0 bridgehead atoms. The molecule has 0 spiro atoms. The Bertz CT molecular complexity index is 2550. The van der Waals surface area contributed by atoms with Gasteiger partial charge in [0.15, 0.2) is 0 Å². The van der Waals surface area contributed by atoms with E-state index in [4.69, 9.17) is 19.4 Å². The summed E-state index contributed by atoms with van der Waals surface area (Å²) in [4.78, 5) is 79.5. The number of nitrogens with zero attached hydrogens (tertiary/aromatic N) is 6. The van der Waals surface area contributed by atoms with Crippen LogP contribution in [-0.4, -0.2) is 101 Å². The Morgan fingerprint density at radius 3 is 1.23 bits per heavy atom. The highest BCUT2D eigenvalue weighted by molar-refractivity contribution is 5.88. The molecule has 6 aromatic rings. The molecule has 2 fully saturated rings. The zero-order valence-electron chi connectivity index (χ0n) is 41.6. The largest absolute Gasteiger partial charge is 0.444 e. The van der Waals surface area contributed by atoms with Crippen molar-refractivity contribution in [2.75, 3.05) is 26.2 Å². The molecule has 2 saturated heterocycles. The molecule has 0 aliphatic carbocycles. The van der Waals surface area contributed by atoms with Crippen LogP contribution in [-0.2, 0) is 19.1 Å². The van der Waals surface area contributed by atoms with Gasteiger partial charge in [0.05, 0.1) is 35.9 Å². The minimum atomic E-state index is -0.847. The molecule has 14 nitrogen and oxygen atoms in total. The highest BCUT2D eigenvalue weighted by Crippen LogP contribution is 2.38. The van der Waals surface area contributed by atoms with Crippen molar-refractivity contribution in [3.8, 4) is 33.6 Å². The van der Waals surface area contributed by atoms with Crippen molar-refractivity contribution in [1.29, 1.82) is 0 Å². The number of nitrogens with one attached hydrogen (secondary N) is 2. The molecule has 0 saturated carbocycles. The maximum atomic E-state index is 14.6. The molecule has 0 unspecified atom stereocenters. The predicted molar refractivity (Wildman–Crippen MR) is 270 cm³/mol. The molecule has 2 aliphatic rings. The van der Waals surface area contributed by atoms with Gasteiger partial charge in [-0.2, -0.15) is 0 Å². The maximum Gasteiger partial charge on any atom is 0.411 e. The second-order valence-electron chi connectivity index (χ2n) is 20.1. The number of likely N-dealkylation sites (N-methyl/N-ethyl adjacent to an activating group) is 2. The Kier molecular flexibility index (Phi) is 14.6. The van der Waals surface area contributed by atoms with Crippen molar-refractivity contribution in [2.24, 2.45) is 0 Å². The van der Waals surface area contributed by atoms with Crippen LogP contribution in [0.2, 0.25) is 0 Å². The summed E-state index contributed by atoms with van der Waals surface area (Å²) < 4.78 is 11.5. The van der Waals surface area contributed by atoms with Crippen molar-refractivity contribution >= 4 is 24.0 Å². The number of ether oxygens (including phenoxy) is 2. The lowest BCUT2D eigenvalue weighted by molar-refractivity contribution is -0.139. The van der Waals surface area contributed by atoms with Crippen molar-refractivity contribution in [1.82, 2.24) is 39.5 Å². The summed E-state index contributed by atoms with van der Waals surface area (Å²) in [5, 5.41) is 0. The number of rotatable bonds is 13. The lowest BCUT2D eigenvalue weighted by atomic mass is 10.0. The molecule has 2 aliphatic heterocycles. The Morgan fingerprint density at radius 1 is 0.557 bits per heavy atom. The maximum absolute atomic E-state index is 14.6. The molecule has 2 N–H and O–H groups in total. The second kappa shape index (κ2) is 20.8. The number of aromatic nitrogens is 4. The van der Waals surface area contributed by atoms with Gasteiger partial charge in [-0.3, -0.25) is 19.4 Å². The van der Waals surface area contributed by atoms with Crippen LogP contribution in [0.3, 0.4) is 0 Å². The van der Waals surface area contributed by atoms with Gasteiger partial charge in [-0.15, -0.1) is 0 Å². The molecule has 4 aromatic carbocycles. The number of likely N-dealkylation sites (tertiary alicyclic amines) is 2. The molecule has 14 heteroatoms. The van der Waals surface area contributed by atoms with Crippen LogP contribution in [0.15, 0.2) is 122 Å². The van der Waals surface area contributed by atoms with Crippen LogP contribution in [0.25, 0.3) is 33.6 Å². The Labute approximate surface area is 411 Å². The van der Waals surface area contributed by atoms with E-state index < -0.39 is 35.5 Å².